The van der Waals surface area contributed by atoms with Gasteiger partial charge in [-0.2, -0.15) is 0 Å². The van der Waals surface area contributed by atoms with Crippen LogP contribution in [0.3, 0.4) is 0 Å². The standard InChI is InChI=1S/C18H16O4S2/c19-7-9-23-13-5-1-3-11-15(13)18(22)16-12(17(11)21)4-2-6-14(16)24-10-8-20/h1-6,19-20H,7-10H2. The van der Waals surface area contributed by atoms with Crippen molar-refractivity contribution < 1.29 is 19.8 Å². The van der Waals surface area contributed by atoms with Crippen molar-refractivity contribution in [2.24, 2.45) is 0 Å². The first kappa shape index (κ1) is 17.2. The SMILES string of the molecule is O=C1c2cccc(SCCO)c2C(=O)c2c(SCCO)cccc21. The molecule has 0 fully saturated rings. The molecule has 2 aromatic rings. The van der Waals surface area contributed by atoms with Crippen LogP contribution in [0, 0.1) is 0 Å². The second kappa shape index (κ2) is 7.53. The Hall–Kier alpha value is -1.60. The fourth-order valence-corrected chi connectivity index (χ4v) is 4.40. The van der Waals surface area contributed by atoms with Crippen LogP contribution < -0.4 is 0 Å². The molecule has 0 bridgehead atoms. The molecular formula is C18H16O4S2. The van der Waals surface area contributed by atoms with E-state index in [9.17, 15) is 9.59 Å². The number of fused-ring (bicyclic) bond motifs is 2. The topological polar surface area (TPSA) is 74.6 Å². The Balaban J connectivity index is 2.13. The van der Waals surface area contributed by atoms with Crippen LogP contribution in [0.1, 0.15) is 31.8 Å². The monoisotopic (exact) mass is 360 g/mol. The van der Waals surface area contributed by atoms with E-state index in [4.69, 9.17) is 10.2 Å². The molecule has 0 saturated heterocycles. The highest BCUT2D eigenvalue weighted by atomic mass is 32.2. The van der Waals surface area contributed by atoms with Gasteiger partial charge in [0.25, 0.3) is 0 Å². The molecule has 2 N–H and O–H groups in total. The Labute approximate surface area is 148 Å². The van der Waals surface area contributed by atoms with E-state index in [0.29, 0.717) is 43.6 Å². The second-order valence-electron chi connectivity index (χ2n) is 5.16. The summed E-state index contributed by atoms with van der Waals surface area (Å²) in [4.78, 5) is 27.4. The molecule has 124 valence electrons. The Morgan fingerprint density at radius 3 is 1.58 bits per heavy atom. The van der Waals surface area contributed by atoms with E-state index in [1.54, 1.807) is 36.4 Å². The van der Waals surface area contributed by atoms with Gasteiger partial charge < -0.3 is 10.2 Å². The van der Waals surface area contributed by atoms with E-state index in [-0.39, 0.29) is 24.8 Å². The quantitative estimate of drug-likeness (QED) is 0.658. The maximum absolute atomic E-state index is 13.1. The molecule has 24 heavy (non-hydrogen) atoms. The van der Waals surface area contributed by atoms with Gasteiger partial charge in [0.05, 0.1) is 13.2 Å². The van der Waals surface area contributed by atoms with Gasteiger partial charge in [0, 0.05) is 43.6 Å². The van der Waals surface area contributed by atoms with Gasteiger partial charge in [-0.25, -0.2) is 0 Å². The number of rotatable bonds is 6. The number of aliphatic hydroxyl groups excluding tert-OH is 2. The van der Waals surface area contributed by atoms with Gasteiger partial charge in [-0.15, -0.1) is 23.5 Å². The van der Waals surface area contributed by atoms with Gasteiger partial charge in [-0.05, 0) is 12.1 Å². The Morgan fingerprint density at radius 1 is 0.708 bits per heavy atom. The predicted octanol–water partition coefficient (Wildman–Crippen LogP) is 2.63. The summed E-state index contributed by atoms with van der Waals surface area (Å²) in [5, 5.41) is 18.1. The van der Waals surface area contributed by atoms with Gasteiger partial charge in [0.15, 0.2) is 11.6 Å². The van der Waals surface area contributed by atoms with Crippen molar-refractivity contribution in [3.8, 4) is 0 Å². The second-order valence-corrected chi connectivity index (χ2v) is 7.43. The highest BCUT2D eigenvalue weighted by molar-refractivity contribution is 7.99. The molecule has 0 aromatic heterocycles. The Kier molecular flexibility index (Phi) is 5.40. The third-order valence-corrected chi connectivity index (χ3v) is 5.77. The van der Waals surface area contributed by atoms with E-state index in [0.717, 1.165) is 0 Å². The smallest absolute Gasteiger partial charge is 0.196 e. The minimum Gasteiger partial charge on any atom is -0.396 e. The summed E-state index contributed by atoms with van der Waals surface area (Å²) in [5.41, 5.74) is 1.68. The van der Waals surface area contributed by atoms with Crippen LogP contribution in [0.2, 0.25) is 0 Å². The molecule has 0 spiro atoms. The Morgan fingerprint density at radius 2 is 1.17 bits per heavy atom. The molecular weight excluding hydrogens is 344 g/mol. The van der Waals surface area contributed by atoms with Crippen LogP contribution in [0.4, 0.5) is 0 Å². The maximum Gasteiger partial charge on any atom is 0.196 e. The zero-order valence-corrected chi connectivity index (χ0v) is 14.5. The summed E-state index contributed by atoms with van der Waals surface area (Å²) in [7, 11) is 0. The first-order valence-corrected chi connectivity index (χ1v) is 9.49. The molecule has 0 heterocycles. The highest BCUT2D eigenvalue weighted by Gasteiger charge is 2.33. The molecule has 0 radical (unpaired) electrons. The van der Waals surface area contributed by atoms with Crippen molar-refractivity contribution in [1.82, 2.24) is 0 Å². The summed E-state index contributed by atoms with van der Waals surface area (Å²) >= 11 is 2.74. The first-order valence-electron chi connectivity index (χ1n) is 7.51. The van der Waals surface area contributed by atoms with Crippen LogP contribution in [0.25, 0.3) is 0 Å². The number of aliphatic hydroxyl groups is 2. The lowest BCUT2D eigenvalue weighted by molar-refractivity contribution is 0.0974. The number of hydrogen-bond acceptors (Lipinski definition) is 6. The Bertz CT molecular complexity index is 738. The summed E-state index contributed by atoms with van der Waals surface area (Å²) in [6.45, 7) is 0.00925. The van der Waals surface area contributed by atoms with Gasteiger partial charge in [-0.1, -0.05) is 24.3 Å². The van der Waals surface area contributed by atoms with Crippen LogP contribution >= 0.6 is 23.5 Å². The van der Waals surface area contributed by atoms with E-state index in [2.05, 4.69) is 0 Å². The number of hydrogen-bond donors (Lipinski definition) is 2. The van der Waals surface area contributed by atoms with E-state index >= 15 is 0 Å². The van der Waals surface area contributed by atoms with Gasteiger partial charge in [0.1, 0.15) is 0 Å². The average Bonchev–Trinajstić information content (AvgIpc) is 2.62. The van der Waals surface area contributed by atoms with E-state index < -0.39 is 0 Å². The van der Waals surface area contributed by atoms with Gasteiger partial charge in [0.2, 0.25) is 0 Å². The number of carbonyl (C=O) groups is 2. The van der Waals surface area contributed by atoms with Crippen molar-refractivity contribution in [3.63, 3.8) is 0 Å². The van der Waals surface area contributed by atoms with Crippen molar-refractivity contribution in [2.75, 3.05) is 24.7 Å². The molecule has 0 saturated carbocycles. The van der Waals surface area contributed by atoms with E-state index in [1.807, 2.05) is 0 Å². The molecule has 2 aromatic carbocycles. The first-order chi connectivity index (χ1) is 11.7. The molecule has 0 amide bonds. The number of carbonyl (C=O) groups excluding carboxylic acids is 2. The zero-order chi connectivity index (χ0) is 17.1. The molecule has 4 nitrogen and oxygen atoms in total. The fraction of sp³-hybridized carbons (Fsp3) is 0.222. The maximum atomic E-state index is 13.1. The molecule has 0 aliphatic heterocycles. The van der Waals surface area contributed by atoms with Crippen molar-refractivity contribution in [2.45, 2.75) is 9.79 Å². The minimum atomic E-state index is -0.165. The average molecular weight is 360 g/mol. The van der Waals surface area contributed by atoms with Crippen LogP contribution in [0.15, 0.2) is 46.2 Å². The molecule has 0 unspecified atom stereocenters. The van der Waals surface area contributed by atoms with Crippen molar-refractivity contribution in [3.05, 3.63) is 58.7 Å². The van der Waals surface area contributed by atoms with Crippen molar-refractivity contribution in [1.29, 1.82) is 0 Å². The highest BCUT2D eigenvalue weighted by Crippen LogP contribution is 2.37. The minimum absolute atomic E-state index is 0.00462. The van der Waals surface area contributed by atoms with Gasteiger partial charge in [-0.3, -0.25) is 9.59 Å². The van der Waals surface area contributed by atoms with Gasteiger partial charge >= 0.3 is 0 Å². The summed E-state index contributed by atoms with van der Waals surface area (Å²) in [6, 6.07) is 10.5. The summed E-state index contributed by atoms with van der Waals surface area (Å²) in [6.07, 6.45) is 0. The third kappa shape index (κ3) is 3.02. The normalized spacial score (nSPS) is 12.9. The fourth-order valence-electron chi connectivity index (χ4n) is 2.73. The summed E-state index contributed by atoms with van der Waals surface area (Å²) < 4.78 is 0. The lowest BCUT2D eigenvalue weighted by Gasteiger charge is -2.21. The molecule has 0 atom stereocenters. The van der Waals surface area contributed by atoms with Crippen molar-refractivity contribution >= 4 is 35.1 Å². The largest absolute Gasteiger partial charge is 0.396 e. The van der Waals surface area contributed by atoms with Crippen LogP contribution in [0.5, 0.6) is 0 Å². The third-order valence-electron chi connectivity index (χ3n) is 3.69. The number of benzene rings is 2. The molecule has 1 aliphatic rings. The lowest BCUT2D eigenvalue weighted by atomic mass is 9.84. The molecule has 3 rings (SSSR count). The predicted molar refractivity (Wildman–Crippen MR) is 95.4 cm³/mol. The lowest BCUT2D eigenvalue weighted by Crippen LogP contribution is -2.22. The summed E-state index contributed by atoms with van der Waals surface area (Å²) in [5.74, 6) is 0.608. The molecule has 1 aliphatic carbocycles. The molecule has 6 heteroatoms. The van der Waals surface area contributed by atoms with Crippen LogP contribution in [-0.4, -0.2) is 46.5 Å². The van der Waals surface area contributed by atoms with Crippen LogP contribution in [-0.2, 0) is 0 Å². The number of thioether (sulfide) groups is 2. The zero-order valence-electron chi connectivity index (χ0n) is 12.8. The number of ketones is 2. The van der Waals surface area contributed by atoms with E-state index in [1.165, 1.54) is 23.5 Å².